The molecule has 0 saturated carbocycles. The van der Waals surface area contributed by atoms with Crippen LogP contribution in [0.2, 0.25) is 5.02 Å². The van der Waals surface area contributed by atoms with Crippen LogP contribution in [0, 0.1) is 0 Å². The number of phenols is 1. The second-order valence-corrected chi connectivity index (χ2v) is 4.94. The van der Waals surface area contributed by atoms with Gasteiger partial charge in [0.05, 0.1) is 17.2 Å². The molecule has 0 amide bonds. The largest absolute Gasteiger partial charge is 0.506 e. The molecule has 2 rings (SSSR count). The molecule has 0 bridgehead atoms. The summed E-state index contributed by atoms with van der Waals surface area (Å²) in [4.78, 5) is 11.5. The molecule has 4 nitrogen and oxygen atoms in total. The maximum absolute atomic E-state index is 11.5. The Labute approximate surface area is 133 Å². The highest BCUT2D eigenvalue weighted by Crippen LogP contribution is 2.27. The number of carboxylic acids is 1. The van der Waals surface area contributed by atoms with Gasteiger partial charge in [0.2, 0.25) is 0 Å². The van der Waals surface area contributed by atoms with E-state index in [1.54, 1.807) is 30.3 Å². The van der Waals surface area contributed by atoms with Crippen LogP contribution < -0.4 is 4.74 Å². The topological polar surface area (TPSA) is 66.8 Å². The first-order valence-corrected chi connectivity index (χ1v) is 7.05. The molecule has 0 aliphatic carbocycles. The van der Waals surface area contributed by atoms with E-state index in [-0.39, 0.29) is 16.3 Å². The van der Waals surface area contributed by atoms with Crippen molar-refractivity contribution in [2.45, 2.75) is 6.92 Å². The maximum Gasteiger partial charge on any atom is 0.336 e. The van der Waals surface area contributed by atoms with Crippen LogP contribution in [0.5, 0.6) is 11.5 Å². The Morgan fingerprint density at radius 1 is 1.27 bits per heavy atom. The summed E-state index contributed by atoms with van der Waals surface area (Å²) >= 11 is 5.84. The number of aliphatic carboxylic acids is 1. The fourth-order valence-electron chi connectivity index (χ4n) is 1.97. The van der Waals surface area contributed by atoms with Crippen LogP contribution in [0.25, 0.3) is 11.6 Å². The minimum Gasteiger partial charge on any atom is -0.506 e. The molecule has 0 heterocycles. The van der Waals surface area contributed by atoms with Crippen LogP contribution in [0.3, 0.4) is 0 Å². The predicted octanol–water partition coefficient (Wildman–Crippen LogP) is 4.07. The fourth-order valence-corrected chi connectivity index (χ4v) is 2.16. The Kier molecular flexibility index (Phi) is 5.07. The Bertz CT molecular complexity index is 722. The van der Waals surface area contributed by atoms with Crippen molar-refractivity contribution in [2.24, 2.45) is 0 Å². The molecule has 2 aromatic carbocycles. The van der Waals surface area contributed by atoms with E-state index in [0.29, 0.717) is 23.5 Å². The van der Waals surface area contributed by atoms with Crippen LogP contribution >= 0.6 is 11.6 Å². The third-order valence-electron chi connectivity index (χ3n) is 2.97. The number of hydrogen-bond donors (Lipinski definition) is 2. The van der Waals surface area contributed by atoms with Crippen molar-refractivity contribution < 1.29 is 19.7 Å². The number of ether oxygens (including phenoxy) is 1. The molecule has 0 aromatic heterocycles. The lowest BCUT2D eigenvalue weighted by Crippen LogP contribution is -2.00. The molecule has 0 aliphatic rings. The molecule has 0 radical (unpaired) electrons. The number of aromatic hydroxyl groups is 1. The van der Waals surface area contributed by atoms with E-state index in [1.807, 2.05) is 6.92 Å². The summed E-state index contributed by atoms with van der Waals surface area (Å²) in [6.45, 7) is 2.36. The van der Waals surface area contributed by atoms with E-state index >= 15 is 0 Å². The van der Waals surface area contributed by atoms with Gasteiger partial charge in [0.1, 0.15) is 11.5 Å². The molecule has 114 valence electrons. The zero-order valence-electron chi connectivity index (χ0n) is 11.9. The van der Waals surface area contributed by atoms with Gasteiger partial charge in [0.15, 0.2) is 0 Å². The number of phenolic OH excluding ortho intramolecular Hbond substituents is 1. The Morgan fingerprint density at radius 3 is 2.68 bits per heavy atom. The SMILES string of the molecule is CCOc1cccc(/C(=C/c2ccc(O)c(Cl)c2)C(=O)O)c1. The quantitative estimate of drug-likeness (QED) is 0.644. The van der Waals surface area contributed by atoms with Crippen molar-refractivity contribution in [1.82, 2.24) is 0 Å². The highest BCUT2D eigenvalue weighted by molar-refractivity contribution is 6.32. The van der Waals surface area contributed by atoms with Crippen LogP contribution in [-0.4, -0.2) is 22.8 Å². The standard InChI is InChI=1S/C17H15ClO4/c1-2-22-13-5-3-4-12(10-13)14(17(20)21)8-11-6-7-16(19)15(18)9-11/h3-10,19H,2H2,1H3,(H,20,21)/b14-8-. The van der Waals surface area contributed by atoms with Crippen molar-refractivity contribution >= 4 is 29.2 Å². The molecule has 2 aromatic rings. The Balaban J connectivity index is 2.45. The van der Waals surface area contributed by atoms with Gasteiger partial charge < -0.3 is 14.9 Å². The molecule has 0 aliphatic heterocycles. The molecule has 2 N–H and O–H groups in total. The molecule has 5 heteroatoms. The summed E-state index contributed by atoms with van der Waals surface area (Å²) in [5, 5.41) is 19.0. The van der Waals surface area contributed by atoms with Crippen LogP contribution in [0.1, 0.15) is 18.1 Å². The van der Waals surface area contributed by atoms with E-state index < -0.39 is 5.97 Å². The molecular weight excluding hydrogens is 304 g/mol. The summed E-state index contributed by atoms with van der Waals surface area (Å²) in [6, 6.07) is 11.4. The zero-order valence-corrected chi connectivity index (χ0v) is 12.7. The summed E-state index contributed by atoms with van der Waals surface area (Å²) in [6.07, 6.45) is 1.50. The first-order chi connectivity index (χ1) is 10.5. The predicted molar refractivity (Wildman–Crippen MR) is 86.2 cm³/mol. The number of carboxylic acid groups (broad SMARTS) is 1. The zero-order chi connectivity index (χ0) is 16.1. The molecular formula is C17H15ClO4. The van der Waals surface area contributed by atoms with Crippen molar-refractivity contribution in [3.8, 4) is 11.5 Å². The third-order valence-corrected chi connectivity index (χ3v) is 3.27. The summed E-state index contributed by atoms with van der Waals surface area (Å²) < 4.78 is 5.39. The van der Waals surface area contributed by atoms with E-state index in [2.05, 4.69) is 0 Å². The molecule has 22 heavy (non-hydrogen) atoms. The molecule has 0 unspecified atom stereocenters. The van der Waals surface area contributed by atoms with Gasteiger partial charge in [-0.05, 0) is 48.4 Å². The van der Waals surface area contributed by atoms with Gasteiger partial charge in [-0.1, -0.05) is 29.8 Å². The average Bonchev–Trinajstić information content (AvgIpc) is 2.48. The normalized spacial score (nSPS) is 11.3. The number of halogens is 1. The van der Waals surface area contributed by atoms with Crippen molar-refractivity contribution in [3.63, 3.8) is 0 Å². The number of rotatable bonds is 5. The van der Waals surface area contributed by atoms with Crippen molar-refractivity contribution in [1.29, 1.82) is 0 Å². The molecule has 0 saturated heterocycles. The monoisotopic (exact) mass is 318 g/mol. The Hall–Kier alpha value is -2.46. The van der Waals surface area contributed by atoms with Crippen LogP contribution in [0.4, 0.5) is 0 Å². The van der Waals surface area contributed by atoms with E-state index in [0.717, 1.165) is 0 Å². The minimum absolute atomic E-state index is 0.0472. The van der Waals surface area contributed by atoms with Crippen molar-refractivity contribution in [3.05, 3.63) is 58.6 Å². The van der Waals surface area contributed by atoms with Gasteiger partial charge in [-0.2, -0.15) is 0 Å². The van der Waals surface area contributed by atoms with Gasteiger partial charge >= 0.3 is 5.97 Å². The first-order valence-electron chi connectivity index (χ1n) is 6.68. The lowest BCUT2D eigenvalue weighted by atomic mass is 10.0. The van der Waals surface area contributed by atoms with Gasteiger partial charge in [-0.15, -0.1) is 0 Å². The summed E-state index contributed by atoms with van der Waals surface area (Å²) in [5.74, 6) is -0.497. The second-order valence-electron chi connectivity index (χ2n) is 4.53. The Morgan fingerprint density at radius 2 is 2.05 bits per heavy atom. The van der Waals surface area contributed by atoms with E-state index in [9.17, 15) is 15.0 Å². The highest BCUT2D eigenvalue weighted by atomic mass is 35.5. The van der Waals surface area contributed by atoms with Crippen LogP contribution in [0.15, 0.2) is 42.5 Å². The maximum atomic E-state index is 11.5. The summed E-state index contributed by atoms with van der Waals surface area (Å²) in [7, 11) is 0. The van der Waals surface area contributed by atoms with Crippen molar-refractivity contribution in [2.75, 3.05) is 6.61 Å². The lowest BCUT2D eigenvalue weighted by molar-refractivity contribution is -0.130. The van der Waals surface area contributed by atoms with Gasteiger partial charge in [0.25, 0.3) is 0 Å². The first kappa shape index (κ1) is 15.9. The van der Waals surface area contributed by atoms with E-state index in [1.165, 1.54) is 18.2 Å². The third kappa shape index (κ3) is 3.80. The molecule has 0 spiro atoms. The number of benzene rings is 2. The second kappa shape index (κ2) is 7.00. The lowest BCUT2D eigenvalue weighted by Gasteiger charge is -2.07. The number of carbonyl (C=O) groups is 1. The smallest absolute Gasteiger partial charge is 0.336 e. The molecule has 0 fully saturated rings. The van der Waals surface area contributed by atoms with Gasteiger partial charge in [-0.3, -0.25) is 0 Å². The molecule has 0 atom stereocenters. The summed E-state index contributed by atoms with van der Waals surface area (Å²) in [5.41, 5.74) is 1.23. The average molecular weight is 319 g/mol. The minimum atomic E-state index is -1.06. The fraction of sp³-hybridized carbons (Fsp3) is 0.118. The van der Waals surface area contributed by atoms with Gasteiger partial charge in [-0.25, -0.2) is 4.79 Å². The van der Waals surface area contributed by atoms with Gasteiger partial charge in [0, 0.05) is 0 Å². The number of hydrogen-bond acceptors (Lipinski definition) is 3. The van der Waals surface area contributed by atoms with Crippen LogP contribution in [-0.2, 0) is 4.79 Å². The highest BCUT2D eigenvalue weighted by Gasteiger charge is 2.12. The van der Waals surface area contributed by atoms with E-state index in [4.69, 9.17) is 16.3 Å².